The average molecular weight is 203 g/mol. The number of rotatable bonds is 0. The SMILES string of the molecule is CC(C)(C)c1cnn2c1CCC(C#N)C2. The van der Waals surface area contributed by atoms with Crippen LogP contribution < -0.4 is 0 Å². The van der Waals surface area contributed by atoms with Crippen LogP contribution in [0.15, 0.2) is 6.20 Å². The van der Waals surface area contributed by atoms with Crippen LogP contribution in [0.5, 0.6) is 0 Å². The standard InChI is InChI=1S/C12H17N3/c1-12(2,3)10-7-14-15-8-9(6-13)4-5-11(10)15/h7,9H,4-5,8H2,1-3H3. The van der Waals surface area contributed by atoms with E-state index in [1.165, 1.54) is 11.3 Å². The molecule has 3 nitrogen and oxygen atoms in total. The van der Waals surface area contributed by atoms with Gasteiger partial charge in [-0.25, -0.2) is 0 Å². The molecule has 2 rings (SSSR count). The summed E-state index contributed by atoms with van der Waals surface area (Å²) in [4.78, 5) is 0. The zero-order valence-electron chi connectivity index (χ0n) is 9.62. The van der Waals surface area contributed by atoms with E-state index in [0.29, 0.717) is 0 Å². The molecule has 3 heteroatoms. The first-order valence-corrected chi connectivity index (χ1v) is 5.47. The predicted octanol–water partition coefficient (Wildman–Crippen LogP) is 2.27. The molecule has 0 bridgehead atoms. The van der Waals surface area contributed by atoms with E-state index in [-0.39, 0.29) is 11.3 Å². The minimum absolute atomic E-state index is 0.144. The molecule has 0 saturated heterocycles. The first-order chi connectivity index (χ1) is 7.02. The Bertz CT molecular complexity index is 403. The smallest absolute Gasteiger partial charge is 0.0675 e. The van der Waals surface area contributed by atoms with Gasteiger partial charge in [0.1, 0.15) is 0 Å². The van der Waals surface area contributed by atoms with E-state index in [9.17, 15) is 0 Å². The highest BCUT2D eigenvalue weighted by Crippen LogP contribution is 2.30. The molecule has 1 unspecified atom stereocenters. The van der Waals surface area contributed by atoms with Crippen molar-refractivity contribution in [3.05, 3.63) is 17.5 Å². The highest BCUT2D eigenvalue weighted by Gasteiger charge is 2.26. The first kappa shape index (κ1) is 10.2. The van der Waals surface area contributed by atoms with Gasteiger partial charge in [-0.15, -0.1) is 0 Å². The summed E-state index contributed by atoms with van der Waals surface area (Å²) in [6.45, 7) is 7.39. The molecule has 0 N–H and O–H groups in total. The Morgan fingerprint density at radius 1 is 1.53 bits per heavy atom. The second-order valence-corrected chi connectivity index (χ2v) is 5.30. The zero-order chi connectivity index (χ0) is 11.1. The molecule has 0 saturated carbocycles. The Kier molecular flexibility index (Phi) is 2.30. The summed E-state index contributed by atoms with van der Waals surface area (Å²) in [5, 5.41) is 13.3. The van der Waals surface area contributed by atoms with Gasteiger partial charge in [0.15, 0.2) is 0 Å². The summed E-state index contributed by atoms with van der Waals surface area (Å²) >= 11 is 0. The number of hydrogen-bond acceptors (Lipinski definition) is 2. The number of hydrogen-bond donors (Lipinski definition) is 0. The lowest BCUT2D eigenvalue weighted by molar-refractivity contribution is 0.407. The molecule has 0 aromatic carbocycles. The van der Waals surface area contributed by atoms with Crippen LogP contribution in [0.4, 0.5) is 0 Å². The molecule has 1 aromatic rings. The lowest BCUT2D eigenvalue weighted by atomic mass is 9.85. The molecule has 1 atom stereocenters. The lowest BCUT2D eigenvalue weighted by Gasteiger charge is -2.23. The van der Waals surface area contributed by atoms with Crippen LogP contribution in [-0.2, 0) is 18.4 Å². The minimum atomic E-state index is 0.144. The molecule has 0 spiro atoms. The molecule has 1 aromatic heterocycles. The fourth-order valence-corrected chi connectivity index (χ4v) is 2.17. The molecule has 0 amide bonds. The van der Waals surface area contributed by atoms with Gasteiger partial charge >= 0.3 is 0 Å². The number of nitrogens with zero attached hydrogens (tertiary/aromatic N) is 3. The van der Waals surface area contributed by atoms with Gasteiger partial charge in [-0.2, -0.15) is 10.4 Å². The monoisotopic (exact) mass is 203 g/mol. The van der Waals surface area contributed by atoms with Gasteiger partial charge < -0.3 is 0 Å². The van der Waals surface area contributed by atoms with Crippen molar-refractivity contribution in [2.45, 2.75) is 45.6 Å². The molecule has 1 aliphatic rings. The van der Waals surface area contributed by atoms with Crippen LogP contribution >= 0.6 is 0 Å². The lowest BCUT2D eigenvalue weighted by Crippen LogP contribution is -2.22. The van der Waals surface area contributed by atoms with Gasteiger partial charge in [-0.1, -0.05) is 20.8 Å². The molecule has 80 valence electrons. The van der Waals surface area contributed by atoms with Crippen LogP contribution in [0, 0.1) is 17.2 Å². The third-order valence-electron chi connectivity index (χ3n) is 3.06. The molecule has 1 aliphatic heterocycles. The Morgan fingerprint density at radius 2 is 2.27 bits per heavy atom. The summed E-state index contributed by atoms with van der Waals surface area (Å²) in [5.41, 5.74) is 2.82. The van der Waals surface area contributed by atoms with Gasteiger partial charge in [0.05, 0.1) is 24.7 Å². The summed E-state index contributed by atoms with van der Waals surface area (Å²) in [7, 11) is 0. The second-order valence-electron chi connectivity index (χ2n) is 5.30. The Hall–Kier alpha value is -1.30. The zero-order valence-corrected chi connectivity index (χ0v) is 9.62. The summed E-state index contributed by atoms with van der Waals surface area (Å²) in [6.07, 6.45) is 3.94. The van der Waals surface area contributed by atoms with Gasteiger partial charge in [0.25, 0.3) is 0 Å². The van der Waals surface area contributed by atoms with Crippen LogP contribution in [0.25, 0.3) is 0 Å². The molecule has 0 aliphatic carbocycles. The minimum Gasteiger partial charge on any atom is -0.268 e. The van der Waals surface area contributed by atoms with Crippen LogP contribution in [0.1, 0.15) is 38.4 Å². The van der Waals surface area contributed by atoms with Crippen molar-refractivity contribution in [1.29, 1.82) is 5.26 Å². The van der Waals surface area contributed by atoms with E-state index in [0.717, 1.165) is 19.4 Å². The van der Waals surface area contributed by atoms with Crippen molar-refractivity contribution in [3.63, 3.8) is 0 Å². The molecule has 0 radical (unpaired) electrons. The fraction of sp³-hybridized carbons (Fsp3) is 0.667. The molecule has 0 fully saturated rings. The quantitative estimate of drug-likeness (QED) is 0.649. The van der Waals surface area contributed by atoms with Gasteiger partial charge in [-0.3, -0.25) is 4.68 Å². The normalized spacial score (nSPS) is 20.8. The maximum atomic E-state index is 8.89. The number of fused-ring (bicyclic) bond motifs is 1. The van der Waals surface area contributed by atoms with E-state index >= 15 is 0 Å². The highest BCUT2D eigenvalue weighted by atomic mass is 15.3. The van der Waals surface area contributed by atoms with Crippen molar-refractivity contribution < 1.29 is 0 Å². The molecule has 15 heavy (non-hydrogen) atoms. The Morgan fingerprint density at radius 3 is 2.87 bits per heavy atom. The molecular weight excluding hydrogens is 186 g/mol. The highest BCUT2D eigenvalue weighted by molar-refractivity contribution is 5.27. The fourth-order valence-electron chi connectivity index (χ4n) is 2.17. The van der Waals surface area contributed by atoms with Crippen LogP contribution in [0.3, 0.4) is 0 Å². The summed E-state index contributed by atoms with van der Waals surface area (Å²) in [6, 6.07) is 2.33. The van der Waals surface area contributed by atoms with Crippen molar-refractivity contribution in [2.24, 2.45) is 5.92 Å². The molecule has 2 heterocycles. The van der Waals surface area contributed by atoms with Crippen molar-refractivity contribution in [3.8, 4) is 6.07 Å². The topological polar surface area (TPSA) is 41.6 Å². The van der Waals surface area contributed by atoms with E-state index in [1.807, 2.05) is 10.9 Å². The van der Waals surface area contributed by atoms with E-state index in [4.69, 9.17) is 5.26 Å². The van der Waals surface area contributed by atoms with Crippen LogP contribution in [0.2, 0.25) is 0 Å². The van der Waals surface area contributed by atoms with Crippen molar-refractivity contribution in [1.82, 2.24) is 9.78 Å². The van der Waals surface area contributed by atoms with E-state index in [2.05, 4.69) is 31.9 Å². The largest absolute Gasteiger partial charge is 0.268 e. The summed E-state index contributed by atoms with van der Waals surface area (Å²) in [5.74, 6) is 0.144. The predicted molar refractivity (Wildman–Crippen MR) is 58.4 cm³/mol. The second kappa shape index (κ2) is 3.37. The first-order valence-electron chi connectivity index (χ1n) is 5.47. The van der Waals surface area contributed by atoms with Crippen LogP contribution in [-0.4, -0.2) is 9.78 Å². The number of nitriles is 1. The van der Waals surface area contributed by atoms with Crippen molar-refractivity contribution >= 4 is 0 Å². The van der Waals surface area contributed by atoms with Gasteiger partial charge in [0, 0.05) is 5.69 Å². The van der Waals surface area contributed by atoms with Crippen molar-refractivity contribution in [2.75, 3.05) is 0 Å². The Balaban J connectivity index is 2.35. The third-order valence-corrected chi connectivity index (χ3v) is 3.06. The van der Waals surface area contributed by atoms with Gasteiger partial charge in [0.2, 0.25) is 0 Å². The maximum Gasteiger partial charge on any atom is 0.0675 e. The average Bonchev–Trinajstić information content (AvgIpc) is 2.59. The Labute approximate surface area is 90.7 Å². The summed E-state index contributed by atoms with van der Waals surface area (Å²) < 4.78 is 2.01. The third kappa shape index (κ3) is 1.77. The van der Waals surface area contributed by atoms with Gasteiger partial charge in [-0.05, 0) is 23.8 Å². The van der Waals surface area contributed by atoms with E-state index in [1.54, 1.807) is 0 Å². The maximum absolute atomic E-state index is 8.89. The number of aromatic nitrogens is 2. The van der Waals surface area contributed by atoms with E-state index < -0.39 is 0 Å². The molecular formula is C12H17N3.